The van der Waals surface area contributed by atoms with E-state index in [1.165, 1.54) is 38.5 Å². The lowest BCUT2D eigenvalue weighted by Crippen LogP contribution is -2.39. The molecule has 2 saturated carbocycles. The van der Waals surface area contributed by atoms with Crippen LogP contribution in [0.25, 0.3) is 0 Å². The van der Waals surface area contributed by atoms with Crippen molar-refractivity contribution in [3.63, 3.8) is 0 Å². The van der Waals surface area contributed by atoms with Gasteiger partial charge < -0.3 is 4.90 Å². The highest BCUT2D eigenvalue weighted by Gasteiger charge is 2.32. The molecule has 2 rings (SSSR count). The molecule has 2 fully saturated rings. The Balaban J connectivity index is 1.84. The summed E-state index contributed by atoms with van der Waals surface area (Å²) < 4.78 is 0. The van der Waals surface area contributed by atoms with Gasteiger partial charge in [-0.05, 0) is 44.4 Å². The van der Waals surface area contributed by atoms with Crippen LogP contribution in [0.3, 0.4) is 0 Å². The Labute approximate surface area is 87.2 Å². The van der Waals surface area contributed by atoms with E-state index in [2.05, 4.69) is 18.9 Å². The zero-order valence-electron chi connectivity index (χ0n) is 9.42. The summed E-state index contributed by atoms with van der Waals surface area (Å²) in [7, 11) is 2.13. The van der Waals surface area contributed by atoms with Crippen molar-refractivity contribution in [3.8, 4) is 0 Å². The van der Waals surface area contributed by atoms with Crippen LogP contribution in [-0.4, -0.2) is 23.8 Å². The van der Waals surface area contributed by atoms with Crippen molar-refractivity contribution < 1.29 is 0 Å². The third-order valence-corrected chi connectivity index (χ3v) is 3.88. The van der Waals surface area contributed by atoms with Gasteiger partial charge in [-0.25, -0.2) is 0 Å². The van der Waals surface area contributed by atoms with E-state index < -0.39 is 0 Å². The van der Waals surface area contributed by atoms with Crippen LogP contribution in [0.1, 0.15) is 45.4 Å². The van der Waals surface area contributed by atoms with Crippen molar-refractivity contribution in [2.45, 2.75) is 51.5 Å². The molecule has 0 aromatic rings. The van der Waals surface area contributed by atoms with Gasteiger partial charge in [-0.15, -0.1) is 0 Å². The summed E-state index contributed by atoms with van der Waals surface area (Å²) in [5.74, 6) is 2.43. The van der Waals surface area contributed by atoms with Crippen LogP contribution < -0.4 is 0 Å². The number of nitrogens with zero attached hydrogens (tertiary/aromatic N) is 1. The zero-order chi connectivity index (χ0) is 10.1. The molecular weight excluding hydrogens is 172 g/mol. The molecule has 0 radical (unpaired) electrons. The molecule has 0 atom stereocenters. The lowest BCUT2D eigenvalue weighted by molar-refractivity contribution is 0.234. The molecule has 0 saturated heterocycles. The first kappa shape index (κ1) is 10.0. The minimum Gasteiger partial charge on any atom is -0.360 e. The standard InChI is InChI=1S/C12H22N2/c1-9-3-7-11(8-4-9)14(2)12(13)10-5-6-10/h9-11,13H,3-8H2,1-2H3. The highest BCUT2D eigenvalue weighted by Crippen LogP contribution is 2.34. The zero-order valence-corrected chi connectivity index (χ0v) is 9.42. The van der Waals surface area contributed by atoms with Crippen LogP contribution in [0.5, 0.6) is 0 Å². The summed E-state index contributed by atoms with van der Waals surface area (Å²) in [4.78, 5) is 2.25. The van der Waals surface area contributed by atoms with Crippen LogP contribution in [0.2, 0.25) is 0 Å². The molecule has 80 valence electrons. The molecule has 0 heterocycles. The molecule has 1 N–H and O–H groups in total. The Morgan fingerprint density at radius 1 is 1.07 bits per heavy atom. The summed E-state index contributed by atoms with van der Waals surface area (Å²) in [6.45, 7) is 2.35. The first-order valence-electron chi connectivity index (χ1n) is 5.99. The fraction of sp³-hybridized carbons (Fsp3) is 0.917. The van der Waals surface area contributed by atoms with E-state index in [4.69, 9.17) is 5.41 Å². The molecule has 2 nitrogen and oxygen atoms in total. The smallest absolute Gasteiger partial charge is 0.0989 e. The van der Waals surface area contributed by atoms with Crippen LogP contribution in [0.4, 0.5) is 0 Å². The molecular formula is C12H22N2. The van der Waals surface area contributed by atoms with Crippen LogP contribution >= 0.6 is 0 Å². The van der Waals surface area contributed by atoms with Crippen LogP contribution in [-0.2, 0) is 0 Å². The third-order valence-electron chi connectivity index (χ3n) is 3.88. The van der Waals surface area contributed by atoms with Gasteiger partial charge >= 0.3 is 0 Å². The van der Waals surface area contributed by atoms with E-state index in [9.17, 15) is 0 Å². The maximum absolute atomic E-state index is 8.02. The van der Waals surface area contributed by atoms with Gasteiger partial charge in [0.05, 0.1) is 5.84 Å². The summed E-state index contributed by atoms with van der Waals surface area (Å²) in [5, 5.41) is 8.02. The normalized spacial score (nSPS) is 32.7. The van der Waals surface area contributed by atoms with Crippen molar-refractivity contribution in [2.24, 2.45) is 11.8 Å². The lowest BCUT2D eigenvalue weighted by atomic mass is 9.86. The van der Waals surface area contributed by atoms with Gasteiger partial charge in [-0.2, -0.15) is 0 Å². The second kappa shape index (κ2) is 3.92. The molecule has 0 aliphatic heterocycles. The monoisotopic (exact) mass is 194 g/mol. The van der Waals surface area contributed by atoms with Crippen LogP contribution in [0.15, 0.2) is 0 Å². The summed E-state index contributed by atoms with van der Waals surface area (Å²) >= 11 is 0. The van der Waals surface area contributed by atoms with Crippen molar-refractivity contribution in [1.82, 2.24) is 4.90 Å². The highest BCUT2D eigenvalue weighted by molar-refractivity contribution is 5.83. The van der Waals surface area contributed by atoms with Crippen LogP contribution in [0, 0.1) is 17.2 Å². The second-order valence-electron chi connectivity index (χ2n) is 5.18. The number of nitrogens with one attached hydrogen (secondary N) is 1. The molecule has 0 spiro atoms. The molecule has 0 amide bonds. The predicted molar refractivity (Wildman–Crippen MR) is 59.6 cm³/mol. The first-order chi connectivity index (χ1) is 6.68. The minimum absolute atomic E-state index is 0.611. The van der Waals surface area contributed by atoms with Crippen molar-refractivity contribution in [2.75, 3.05) is 7.05 Å². The Bertz CT molecular complexity index is 212. The van der Waals surface area contributed by atoms with E-state index in [1.807, 2.05) is 0 Å². The topological polar surface area (TPSA) is 27.1 Å². The molecule has 0 aromatic carbocycles. The Hall–Kier alpha value is -0.530. The predicted octanol–water partition coefficient (Wildman–Crippen LogP) is 2.88. The maximum atomic E-state index is 8.02. The van der Waals surface area contributed by atoms with Gasteiger partial charge in [0, 0.05) is 19.0 Å². The second-order valence-corrected chi connectivity index (χ2v) is 5.18. The van der Waals surface area contributed by atoms with E-state index >= 15 is 0 Å². The van der Waals surface area contributed by atoms with Gasteiger partial charge in [-0.3, -0.25) is 5.41 Å². The average molecular weight is 194 g/mol. The van der Waals surface area contributed by atoms with E-state index in [0.717, 1.165) is 11.8 Å². The van der Waals surface area contributed by atoms with Crippen molar-refractivity contribution in [1.29, 1.82) is 5.41 Å². The van der Waals surface area contributed by atoms with Crippen molar-refractivity contribution in [3.05, 3.63) is 0 Å². The van der Waals surface area contributed by atoms with Gasteiger partial charge in [0.25, 0.3) is 0 Å². The van der Waals surface area contributed by atoms with E-state index in [-0.39, 0.29) is 0 Å². The fourth-order valence-electron chi connectivity index (χ4n) is 2.47. The van der Waals surface area contributed by atoms with Gasteiger partial charge in [-0.1, -0.05) is 6.92 Å². The fourth-order valence-corrected chi connectivity index (χ4v) is 2.47. The minimum atomic E-state index is 0.611. The molecule has 2 aliphatic carbocycles. The summed E-state index contributed by atoms with van der Waals surface area (Å²) in [5.41, 5.74) is 0. The summed E-state index contributed by atoms with van der Waals surface area (Å²) in [6, 6.07) is 0.666. The lowest BCUT2D eigenvalue weighted by Gasteiger charge is -2.35. The Morgan fingerprint density at radius 2 is 1.64 bits per heavy atom. The Morgan fingerprint density at radius 3 is 2.14 bits per heavy atom. The largest absolute Gasteiger partial charge is 0.360 e. The number of rotatable bonds is 2. The third kappa shape index (κ3) is 2.10. The van der Waals surface area contributed by atoms with Gasteiger partial charge in [0.15, 0.2) is 0 Å². The van der Waals surface area contributed by atoms with E-state index in [1.54, 1.807) is 0 Å². The molecule has 0 unspecified atom stereocenters. The molecule has 0 aromatic heterocycles. The number of hydrogen-bond acceptors (Lipinski definition) is 1. The molecule has 2 heteroatoms. The molecule has 0 bridgehead atoms. The van der Waals surface area contributed by atoms with Crippen molar-refractivity contribution >= 4 is 5.84 Å². The maximum Gasteiger partial charge on any atom is 0.0989 e. The Kier molecular flexibility index (Phi) is 2.80. The number of amidine groups is 1. The molecule has 14 heavy (non-hydrogen) atoms. The SMILES string of the molecule is CC1CCC(N(C)C(=N)C2CC2)CC1. The van der Waals surface area contributed by atoms with Gasteiger partial charge in [0.1, 0.15) is 0 Å². The average Bonchev–Trinajstić information content (AvgIpc) is 3.00. The quantitative estimate of drug-likeness (QED) is 0.531. The summed E-state index contributed by atoms with van der Waals surface area (Å²) in [6.07, 6.45) is 7.82. The number of hydrogen-bond donors (Lipinski definition) is 1. The van der Waals surface area contributed by atoms with E-state index in [0.29, 0.717) is 12.0 Å². The molecule has 2 aliphatic rings. The first-order valence-corrected chi connectivity index (χ1v) is 5.99. The van der Waals surface area contributed by atoms with Gasteiger partial charge in [0.2, 0.25) is 0 Å². The highest BCUT2D eigenvalue weighted by atomic mass is 15.2.